The second-order valence-electron chi connectivity index (χ2n) is 4.97. The largest absolute Gasteiger partial charge is 0.568 e. The molecule has 0 aromatic carbocycles. The van der Waals surface area contributed by atoms with Crippen molar-refractivity contribution in [3.05, 3.63) is 0 Å². The van der Waals surface area contributed by atoms with E-state index in [4.69, 9.17) is 32.2 Å². The van der Waals surface area contributed by atoms with Gasteiger partial charge in [-0.25, -0.2) is 0 Å². The second-order valence-corrected chi connectivity index (χ2v) is 7.60. The van der Waals surface area contributed by atoms with Crippen LogP contribution in [-0.2, 0) is 32.2 Å². The van der Waals surface area contributed by atoms with Crippen LogP contribution in [0.5, 0.6) is 0 Å². The van der Waals surface area contributed by atoms with Crippen LogP contribution in [0.25, 0.3) is 0 Å². The SMILES string of the molecule is CCOC(C)C(OCC)(OCC)[Si](OCC)(OCC)OC(C)OC. The molecule has 0 aliphatic rings. The molecule has 0 spiro atoms. The number of rotatable bonds is 15. The van der Waals surface area contributed by atoms with Gasteiger partial charge in [-0.2, -0.15) is 0 Å². The van der Waals surface area contributed by atoms with Crippen molar-refractivity contribution in [1.82, 2.24) is 0 Å². The molecule has 2 atom stereocenters. The number of hydrogen-bond donors (Lipinski definition) is 0. The van der Waals surface area contributed by atoms with Gasteiger partial charge in [0, 0.05) is 40.1 Å². The van der Waals surface area contributed by atoms with E-state index in [0.29, 0.717) is 33.0 Å². The van der Waals surface area contributed by atoms with Crippen molar-refractivity contribution in [2.24, 2.45) is 0 Å². The second kappa shape index (κ2) is 12.3. The summed E-state index contributed by atoms with van der Waals surface area (Å²) in [5.74, 6) is 0. The van der Waals surface area contributed by atoms with Crippen LogP contribution in [0, 0.1) is 0 Å². The normalized spacial score (nSPS) is 15.5. The van der Waals surface area contributed by atoms with Crippen LogP contribution in [0.15, 0.2) is 0 Å². The van der Waals surface area contributed by atoms with Gasteiger partial charge in [-0.1, -0.05) is 0 Å². The summed E-state index contributed by atoms with van der Waals surface area (Å²) in [5, 5.41) is 0. The molecule has 0 heterocycles. The molecule has 24 heavy (non-hydrogen) atoms. The maximum Gasteiger partial charge on any atom is 0.568 e. The van der Waals surface area contributed by atoms with E-state index in [1.165, 1.54) is 0 Å². The molecule has 0 amide bonds. The molecule has 0 aliphatic carbocycles. The zero-order valence-electron chi connectivity index (χ0n) is 16.5. The Morgan fingerprint density at radius 2 is 1.29 bits per heavy atom. The lowest BCUT2D eigenvalue weighted by atomic mass is 10.3. The van der Waals surface area contributed by atoms with Crippen LogP contribution < -0.4 is 0 Å². The molecule has 0 aromatic heterocycles. The zero-order valence-corrected chi connectivity index (χ0v) is 17.5. The van der Waals surface area contributed by atoms with Gasteiger partial charge >= 0.3 is 8.80 Å². The highest BCUT2D eigenvalue weighted by atomic mass is 28.4. The van der Waals surface area contributed by atoms with E-state index in [1.807, 2.05) is 41.5 Å². The Morgan fingerprint density at radius 3 is 1.62 bits per heavy atom. The molecule has 8 heteroatoms. The van der Waals surface area contributed by atoms with Gasteiger partial charge in [0.15, 0.2) is 0 Å². The summed E-state index contributed by atoms with van der Waals surface area (Å²) in [6.45, 7) is 15.2. The molecule has 0 aromatic rings. The molecule has 0 saturated carbocycles. The van der Waals surface area contributed by atoms with Crippen molar-refractivity contribution in [2.75, 3.05) is 40.1 Å². The first-order valence-corrected chi connectivity index (χ1v) is 10.5. The van der Waals surface area contributed by atoms with Crippen molar-refractivity contribution in [3.8, 4) is 0 Å². The highest BCUT2D eigenvalue weighted by Crippen LogP contribution is 2.36. The number of methoxy groups -OCH3 is 1. The summed E-state index contributed by atoms with van der Waals surface area (Å²) in [5.41, 5.74) is -1.27. The summed E-state index contributed by atoms with van der Waals surface area (Å²) >= 11 is 0. The molecule has 2 unspecified atom stereocenters. The first kappa shape index (κ1) is 23.9. The average Bonchev–Trinajstić information content (AvgIpc) is 2.54. The fraction of sp³-hybridized carbons (Fsp3) is 1.00. The van der Waals surface area contributed by atoms with Crippen LogP contribution in [0.1, 0.15) is 48.5 Å². The van der Waals surface area contributed by atoms with Crippen LogP contribution in [0.2, 0.25) is 0 Å². The van der Waals surface area contributed by atoms with Crippen molar-refractivity contribution < 1.29 is 32.2 Å². The third-order valence-corrected chi connectivity index (χ3v) is 6.95. The molecule has 0 saturated heterocycles. The first-order chi connectivity index (χ1) is 11.4. The van der Waals surface area contributed by atoms with Gasteiger partial charge in [0.05, 0.1) is 0 Å². The van der Waals surface area contributed by atoms with E-state index in [0.717, 1.165) is 0 Å². The Morgan fingerprint density at radius 1 is 0.792 bits per heavy atom. The lowest BCUT2D eigenvalue weighted by Crippen LogP contribution is -2.73. The number of hydrogen-bond acceptors (Lipinski definition) is 7. The quantitative estimate of drug-likeness (QED) is 0.325. The average molecular weight is 369 g/mol. The fourth-order valence-corrected chi connectivity index (χ4v) is 5.83. The van der Waals surface area contributed by atoms with Gasteiger partial charge < -0.3 is 32.2 Å². The van der Waals surface area contributed by atoms with Gasteiger partial charge in [-0.05, 0) is 48.5 Å². The molecule has 146 valence electrons. The van der Waals surface area contributed by atoms with Gasteiger partial charge in [0.1, 0.15) is 12.4 Å². The predicted octanol–water partition coefficient (Wildman–Crippen LogP) is 2.74. The predicted molar refractivity (Wildman–Crippen MR) is 93.6 cm³/mol. The molecule has 0 rings (SSSR count). The van der Waals surface area contributed by atoms with Crippen molar-refractivity contribution in [1.29, 1.82) is 0 Å². The maximum absolute atomic E-state index is 6.15. The summed E-state index contributed by atoms with van der Waals surface area (Å²) in [7, 11) is -1.93. The zero-order chi connectivity index (χ0) is 18.6. The van der Waals surface area contributed by atoms with Crippen LogP contribution in [-0.4, -0.2) is 66.8 Å². The smallest absolute Gasteiger partial charge is 0.373 e. The van der Waals surface area contributed by atoms with Gasteiger partial charge in [-0.15, -0.1) is 0 Å². The Kier molecular flexibility index (Phi) is 12.3. The Hall–Kier alpha value is -0.0631. The summed E-state index contributed by atoms with van der Waals surface area (Å²) in [6.07, 6.45) is -0.986. The van der Waals surface area contributed by atoms with Crippen LogP contribution in [0.3, 0.4) is 0 Å². The van der Waals surface area contributed by atoms with E-state index in [1.54, 1.807) is 14.0 Å². The summed E-state index contributed by atoms with van der Waals surface area (Å²) in [4.78, 5) is 0. The van der Waals surface area contributed by atoms with E-state index in [-0.39, 0.29) is 0 Å². The van der Waals surface area contributed by atoms with E-state index in [2.05, 4.69) is 0 Å². The van der Waals surface area contributed by atoms with Crippen LogP contribution >= 0.6 is 0 Å². The van der Waals surface area contributed by atoms with Gasteiger partial charge in [0.25, 0.3) is 5.41 Å². The van der Waals surface area contributed by atoms with Crippen molar-refractivity contribution in [3.63, 3.8) is 0 Å². The molecule has 7 nitrogen and oxygen atoms in total. The minimum atomic E-state index is -3.50. The fourth-order valence-electron chi connectivity index (χ4n) is 2.53. The van der Waals surface area contributed by atoms with Crippen molar-refractivity contribution in [2.45, 2.75) is 66.3 Å². The van der Waals surface area contributed by atoms with Crippen LogP contribution in [0.4, 0.5) is 0 Å². The summed E-state index contributed by atoms with van der Waals surface area (Å²) in [6, 6.07) is 0. The van der Waals surface area contributed by atoms with E-state index >= 15 is 0 Å². The number of ether oxygens (including phenoxy) is 4. The lowest BCUT2D eigenvalue weighted by molar-refractivity contribution is -0.276. The van der Waals surface area contributed by atoms with E-state index < -0.39 is 26.6 Å². The lowest BCUT2D eigenvalue weighted by Gasteiger charge is -2.47. The third kappa shape index (κ3) is 5.74. The maximum atomic E-state index is 6.15. The topological polar surface area (TPSA) is 64.6 Å². The minimum Gasteiger partial charge on any atom is -0.373 e. The highest BCUT2D eigenvalue weighted by Gasteiger charge is 2.68. The monoisotopic (exact) mass is 368 g/mol. The molecule has 0 bridgehead atoms. The molecule has 0 radical (unpaired) electrons. The molecule has 0 N–H and O–H groups in total. The molecule has 0 fully saturated rings. The Bertz CT molecular complexity index is 305. The third-order valence-electron chi connectivity index (χ3n) is 3.42. The Labute approximate surface area is 148 Å². The summed E-state index contributed by atoms with van der Waals surface area (Å²) < 4.78 is 41.6. The van der Waals surface area contributed by atoms with E-state index in [9.17, 15) is 0 Å². The standard InChI is InChI=1S/C16H36O7Si/c1-9-18-14(6)16(19-10-2,20-11-3)24(21-12-4,22-13-5)23-15(7)17-8/h14-15H,9-13H2,1-8H3. The molecular weight excluding hydrogens is 332 g/mol. The van der Waals surface area contributed by atoms with Crippen molar-refractivity contribution >= 4 is 8.80 Å². The first-order valence-electron chi connectivity index (χ1n) is 8.81. The molecular formula is C16H36O7Si. The minimum absolute atomic E-state index is 0.392. The molecule has 0 aliphatic heterocycles. The van der Waals surface area contributed by atoms with Gasteiger partial charge in [-0.3, -0.25) is 0 Å². The highest BCUT2D eigenvalue weighted by molar-refractivity contribution is 6.63. The Balaban J connectivity index is 6.14. The van der Waals surface area contributed by atoms with Gasteiger partial charge in [0.2, 0.25) is 0 Å².